The van der Waals surface area contributed by atoms with E-state index in [-0.39, 0.29) is 11.9 Å². The van der Waals surface area contributed by atoms with Crippen LogP contribution in [0.15, 0.2) is 55.0 Å². The van der Waals surface area contributed by atoms with Gasteiger partial charge in [0, 0.05) is 23.5 Å². The zero-order chi connectivity index (χ0) is 20.2. The van der Waals surface area contributed by atoms with Gasteiger partial charge in [0.15, 0.2) is 5.69 Å². The highest BCUT2D eigenvalue weighted by molar-refractivity contribution is 7.19. The molecule has 2 N–H and O–H groups in total. The zero-order valence-electron chi connectivity index (χ0n) is 16.1. The van der Waals surface area contributed by atoms with E-state index in [1.165, 1.54) is 11.3 Å². The third-order valence-electron chi connectivity index (χ3n) is 4.40. The van der Waals surface area contributed by atoms with Gasteiger partial charge < -0.3 is 10.6 Å². The molecular formula is C21H20N6OS. The summed E-state index contributed by atoms with van der Waals surface area (Å²) in [5, 5.41) is 6.18. The number of fused-ring (bicyclic) bond motifs is 1. The lowest BCUT2D eigenvalue weighted by Gasteiger charge is -2.14. The van der Waals surface area contributed by atoms with Crippen LogP contribution < -0.4 is 10.6 Å². The van der Waals surface area contributed by atoms with Crippen molar-refractivity contribution in [2.45, 2.75) is 26.4 Å². The van der Waals surface area contributed by atoms with Gasteiger partial charge in [-0.3, -0.25) is 14.8 Å². The van der Waals surface area contributed by atoms with Gasteiger partial charge in [-0.25, -0.2) is 9.97 Å². The Bertz CT molecular complexity index is 1130. The summed E-state index contributed by atoms with van der Waals surface area (Å²) in [4.78, 5) is 31.5. The fourth-order valence-corrected chi connectivity index (χ4v) is 3.87. The van der Waals surface area contributed by atoms with Crippen molar-refractivity contribution in [3.05, 3.63) is 76.8 Å². The Hall–Kier alpha value is -3.39. The Kier molecular flexibility index (Phi) is 5.44. The van der Waals surface area contributed by atoms with E-state index in [1.807, 2.05) is 50.2 Å². The van der Waals surface area contributed by atoms with Crippen molar-refractivity contribution in [1.29, 1.82) is 0 Å². The van der Waals surface area contributed by atoms with Gasteiger partial charge in [0.1, 0.15) is 0 Å². The molecule has 146 valence electrons. The number of amides is 1. The van der Waals surface area contributed by atoms with Gasteiger partial charge in [0.25, 0.3) is 5.91 Å². The summed E-state index contributed by atoms with van der Waals surface area (Å²) < 4.78 is 0.778. The molecule has 0 aliphatic carbocycles. The smallest absolute Gasteiger partial charge is 0.271 e. The van der Waals surface area contributed by atoms with Crippen LogP contribution in [-0.2, 0) is 6.54 Å². The quantitative estimate of drug-likeness (QED) is 0.506. The van der Waals surface area contributed by atoms with E-state index in [9.17, 15) is 4.79 Å². The van der Waals surface area contributed by atoms with Gasteiger partial charge in [0.2, 0.25) is 5.95 Å². The van der Waals surface area contributed by atoms with Crippen LogP contribution in [-0.4, -0.2) is 25.8 Å². The molecule has 0 aliphatic rings. The first-order chi connectivity index (χ1) is 14.1. The first-order valence-electron chi connectivity index (χ1n) is 9.23. The number of carbonyl (C=O) groups is 1. The van der Waals surface area contributed by atoms with E-state index in [2.05, 4.69) is 30.6 Å². The molecular weight excluding hydrogens is 384 g/mol. The van der Waals surface area contributed by atoms with Gasteiger partial charge in [-0.2, -0.15) is 0 Å². The van der Waals surface area contributed by atoms with Crippen molar-refractivity contribution in [3.63, 3.8) is 0 Å². The molecule has 1 amide bonds. The summed E-state index contributed by atoms with van der Waals surface area (Å²) in [6.07, 6.45) is 5.23. The van der Waals surface area contributed by atoms with Crippen LogP contribution in [0.1, 0.15) is 39.6 Å². The van der Waals surface area contributed by atoms with Crippen molar-refractivity contribution in [2.24, 2.45) is 0 Å². The van der Waals surface area contributed by atoms with Crippen LogP contribution in [0.2, 0.25) is 0 Å². The number of nitrogens with zero attached hydrogens (tertiary/aromatic N) is 4. The monoisotopic (exact) mass is 404 g/mol. The Morgan fingerprint density at radius 2 is 2.07 bits per heavy atom. The number of aromatic nitrogens is 4. The van der Waals surface area contributed by atoms with Gasteiger partial charge in [-0.05, 0) is 43.7 Å². The minimum atomic E-state index is -0.248. The van der Waals surface area contributed by atoms with Gasteiger partial charge in [-0.15, -0.1) is 11.3 Å². The molecule has 4 aromatic rings. The maximum Gasteiger partial charge on any atom is 0.271 e. The van der Waals surface area contributed by atoms with Crippen LogP contribution in [0.4, 0.5) is 5.95 Å². The summed E-state index contributed by atoms with van der Waals surface area (Å²) in [5.41, 5.74) is 2.92. The van der Waals surface area contributed by atoms with Crippen molar-refractivity contribution >= 4 is 33.4 Å². The van der Waals surface area contributed by atoms with Gasteiger partial charge in [0.05, 0.1) is 28.5 Å². The van der Waals surface area contributed by atoms with E-state index >= 15 is 0 Å². The van der Waals surface area contributed by atoms with E-state index < -0.39 is 0 Å². The highest BCUT2D eigenvalue weighted by Crippen LogP contribution is 2.28. The highest BCUT2D eigenvalue weighted by Gasteiger charge is 2.18. The fraction of sp³-hybridized carbons (Fsp3) is 0.190. The first kappa shape index (κ1) is 18.9. The maximum atomic E-state index is 12.9. The topological polar surface area (TPSA) is 92.7 Å². The number of carbonyl (C=O) groups excluding carboxylic acids is 1. The second-order valence-corrected chi connectivity index (χ2v) is 7.88. The molecule has 0 fully saturated rings. The number of pyridine rings is 2. The largest absolute Gasteiger partial charge is 0.348 e. The highest BCUT2D eigenvalue weighted by atomic mass is 32.1. The average Bonchev–Trinajstić information content (AvgIpc) is 3.12. The van der Waals surface area contributed by atoms with E-state index in [1.54, 1.807) is 18.6 Å². The molecule has 0 saturated heterocycles. The SMILES string of the molecule is Cc1cc2nc(NC(C)c3cccnc3)nc(C(=O)NCc3ccccn3)c2s1. The molecule has 1 atom stereocenters. The Balaban J connectivity index is 1.61. The first-order valence-corrected chi connectivity index (χ1v) is 10.0. The summed E-state index contributed by atoms with van der Waals surface area (Å²) in [6.45, 7) is 4.34. The standard InChI is InChI=1S/C21H20N6OS/c1-13-10-17-19(29-13)18(20(28)24-12-16-7-3-4-9-23-16)27-21(26-17)25-14(2)15-6-5-8-22-11-15/h3-11,14H,12H2,1-2H3,(H,24,28)(H,25,26,27). The van der Waals surface area contributed by atoms with Gasteiger partial charge in [-0.1, -0.05) is 12.1 Å². The number of hydrogen-bond acceptors (Lipinski definition) is 7. The molecule has 1 unspecified atom stereocenters. The number of aryl methyl sites for hydroxylation is 1. The molecule has 4 aromatic heterocycles. The molecule has 0 spiro atoms. The lowest BCUT2D eigenvalue weighted by Crippen LogP contribution is -2.25. The Morgan fingerprint density at radius 3 is 2.83 bits per heavy atom. The van der Waals surface area contributed by atoms with Gasteiger partial charge >= 0.3 is 0 Å². The molecule has 0 radical (unpaired) electrons. The van der Waals surface area contributed by atoms with Crippen LogP contribution >= 0.6 is 11.3 Å². The molecule has 0 bridgehead atoms. The third kappa shape index (κ3) is 4.38. The zero-order valence-corrected chi connectivity index (χ0v) is 16.9. The minimum absolute atomic E-state index is 0.0506. The number of anilines is 1. The minimum Gasteiger partial charge on any atom is -0.348 e. The van der Waals surface area contributed by atoms with Crippen LogP contribution in [0, 0.1) is 6.92 Å². The summed E-state index contributed by atoms with van der Waals surface area (Å²) in [6, 6.07) is 11.4. The Labute approximate surface area is 172 Å². The third-order valence-corrected chi connectivity index (χ3v) is 5.44. The number of rotatable bonds is 6. The summed E-state index contributed by atoms with van der Waals surface area (Å²) >= 11 is 1.51. The maximum absolute atomic E-state index is 12.9. The predicted molar refractivity (Wildman–Crippen MR) is 114 cm³/mol. The second kappa shape index (κ2) is 8.32. The molecule has 7 nitrogen and oxygen atoms in total. The average molecular weight is 404 g/mol. The van der Waals surface area contributed by atoms with E-state index in [4.69, 9.17) is 0 Å². The molecule has 4 heterocycles. The second-order valence-electron chi connectivity index (χ2n) is 6.62. The van der Waals surface area contributed by atoms with Crippen LogP contribution in [0.25, 0.3) is 10.2 Å². The molecule has 29 heavy (non-hydrogen) atoms. The number of thiophene rings is 1. The van der Waals surface area contributed by atoms with Crippen molar-refractivity contribution < 1.29 is 4.79 Å². The molecule has 0 aliphatic heterocycles. The van der Waals surface area contributed by atoms with Crippen molar-refractivity contribution in [2.75, 3.05) is 5.32 Å². The van der Waals surface area contributed by atoms with Crippen molar-refractivity contribution in [3.8, 4) is 0 Å². The normalized spacial score (nSPS) is 11.9. The summed E-state index contributed by atoms with van der Waals surface area (Å²) in [7, 11) is 0. The lowest BCUT2D eigenvalue weighted by atomic mass is 10.1. The fourth-order valence-electron chi connectivity index (χ4n) is 2.93. The Morgan fingerprint density at radius 1 is 1.17 bits per heavy atom. The van der Waals surface area contributed by atoms with E-state index in [0.717, 1.165) is 26.4 Å². The van der Waals surface area contributed by atoms with E-state index in [0.29, 0.717) is 18.2 Å². The van der Waals surface area contributed by atoms with Crippen LogP contribution in [0.5, 0.6) is 0 Å². The lowest BCUT2D eigenvalue weighted by molar-refractivity contribution is 0.0947. The predicted octanol–water partition coefficient (Wildman–Crippen LogP) is 3.89. The van der Waals surface area contributed by atoms with Crippen LogP contribution in [0.3, 0.4) is 0 Å². The number of nitrogens with one attached hydrogen (secondary N) is 2. The molecule has 8 heteroatoms. The number of hydrogen-bond donors (Lipinski definition) is 2. The molecule has 0 aromatic carbocycles. The molecule has 0 saturated carbocycles. The summed E-state index contributed by atoms with van der Waals surface area (Å²) in [5.74, 6) is 0.164. The van der Waals surface area contributed by atoms with Crippen molar-refractivity contribution in [1.82, 2.24) is 25.3 Å². The molecule has 4 rings (SSSR count).